The molecular formula is C12H12FNS. The topological polar surface area (TPSA) is 12.9 Å². The van der Waals surface area contributed by atoms with Crippen molar-refractivity contribution in [1.29, 1.82) is 0 Å². The fourth-order valence-electron chi connectivity index (χ4n) is 1.31. The Balaban J connectivity index is 2.42. The summed E-state index contributed by atoms with van der Waals surface area (Å²) in [7, 11) is 0. The highest BCUT2D eigenvalue weighted by Crippen LogP contribution is 2.28. The van der Waals surface area contributed by atoms with Gasteiger partial charge < -0.3 is 0 Å². The summed E-state index contributed by atoms with van der Waals surface area (Å²) in [4.78, 5) is 4.42. The van der Waals surface area contributed by atoms with Crippen molar-refractivity contribution in [3.63, 3.8) is 0 Å². The first-order chi connectivity index (χ1) is 7.18. The van der Waals surface area contributed by atoms with Gasteiger partial charge >= 0.3 is 0 Å². The van der Waals surface area contributed by atoms with Crippen LogP contribution in [0.15, 0.2) is 29.6 Å². The molecule has 1 heterocycles. The summed E-state index contributed by atoms with van der Waals surface area (Å²) in [6.45, 7) is 4.17. The Hall–Kier alpha value is -1.22. The minimum atomic E-state index is -0.206. The van der Waals surface area contributed by atoms with Crippen LogP contribution >= 0.6 is 11.3 Å². The smallest absolute Gasteiger partial charge is 0.133 e. The first kappa shape index (κ1) is 10.3. The molecular weight excluding hydrogens is 209 g/mol. The van der Waals surface area contributed by atoms with E-state index < -0.39 is 0 Å². The van der Waals surface area contributed by atoms with Gasteiger partial charge in [0.25, 0.3) is 0 Å². The molecule has 0 aliphatic heterocycles. The van der Waals surface area contributed by atoms with Gasteiger partial charge in [-0.15, -0.1) is 11.3 Å². The van der Waals surface area contributed by atoms with Crippen molar-refractivity contribution in [3.05, 3.63) is 41.2 Å². The Morgan fingerprint density at radius 1 is 1.27 bits per heavy atom. The number of rotatable bonds is 2. The average molecular weight is 221 g/mol. The van der Waals surface area contributed by atoms with Crippen LogP contribution in [0.3, 0.4) is 0 Å². The van der Waals surface area contributed by atoms with E-state index in [-0.39, 0.29) is 5.82 Å². The van der Waals surface area contributed by atoms with Crippen LogP contribution in [-0.2, 0) is 0 Å². The highest BCUT2D eigenvalue weighted by Gasteiger charge is 2.10. The number of aromatic nitrogens is 1. The molecule has 1 aromatic heterocycles. The van der Waals surface area contributed by atoms with E-state index in [0.717, 1.165) is 10.7 Å². The van der Waals surface area contributed by atoms with Crippen molar-refractivity contribution in [2.24, 2.45) is 0 Å². The van der Waals surface area contributed by atoms with E-state index in [2.05, 4.69) is 18.8 Å². The van der Waals surface area contributed by atoms with E-state index in [1.54, 1.807) is 12.1 Å². The highest BCUT2D eigenvalue weighted by atomic mass is 32.1. The van der Waals surface area contributed by atoms with Crippen LogP contribution in [0.5, 0.6) is 0 Å². The molecule has 1 aromatic carbocycles. The molecule has 0 amide bonds. The molecule has 0 saturated heterocycles. The first-order valence-electron chi connectivity index (χ1n) is 4.89. The van der Waals surface area contributed by atoms with E-state index >= 15 is 0 Å². The van der Waals surface area contributed by atoms with Crippen LogP contribution in [0.2, 0.25) is 0 Å². The van der Waals surface area contributed by atoms with Gasteiger partial charge in [0.05, 0.1) is 5.69 Å². The second-order valence-electron chi connectivity index (χ2n) is 3.71. The van der Waals surface area contributed by atoms with Crippen molar-refractivity contribution in [1.82, 2.24) is 4.98 Å². The second kappa shape index (κ2) is 4.11. The summed E-state index contributed by atoms with van der Waals surface area (Å²) in [6.07, 6.45) is 0. The lowest BCUT2D eigenvalue weighted by atomic mass is 10.1. The molecule has 78 valence electrons. The molecule has 0 radical (unpaired) electrons. The number of hydrogen-bond acceptors (Lipinski definition) is 2. The van der Waals surface area contributed by atoms with Gasteiger partial charge in [-0.25, -0.2) is 9.37 Å². The van der Waals surface area contributed by atoms with Crippen LogP contribution in [-0.4, -0.2) is 4.98 Å². The van der Waals surface area contributed by atoms with Gasteiger partial charge in [-0.3, -0.25) is 0 Å². The lowest BCUT2D eigenvalue weighted by Gasteiger charge is -1.99. The van der Waals surface area contributed by atoms with Crippen molar-refractivity contribution >= 4 is 11.3 Å². The van der Waals surface area contributed by atoms with Gasteiger partial charge in [0, 0.05) is 10.9 Å². The quantitative estimate of drug-likeness (QED) is 0.744. The number of nitrogens with zero attached hydrogens (tertiary/aromatic N) is 1. The summed E-state index contributed by atoms with van der Waals surface area (Å²) >= 11 is 1.49. The van der Waals surface area contributed by atoms with E-state index in [1.807, 2.05) is 11.4 Å². The minimum absolute atomic E-state index is 0.206. The van der Waals surface area contributed by atoms with Crippen LogP contribution in [0.25, 0.3) is 10.6 Å². The Morgan fingerprint density at radius 2 is 2.00 bits per heavy atom. The molecule has 0 spiro atoms. The number of halogens is 1. The molecule has 1 nitrogen and oxygen atoms in total. The van der Waals surface area contributed by atoms with E-state index in [4.69, 9.17) is 0 Å². The van der Waals surface area contributed by atoms with Gasteiger partial charge in [0.15, 0.2) is 0 Å². The second-order valence-corrected chi connectivity index (χ2v) is 4.57. The van der Waals surface area contributed by atoms with Gasteiger partial charge in [-0.2, -0.15) is 0 Å². The standard InChI is InChI=1S/C12H12FNS/c1-8(2)11-7-15-12(14-11)9-5-3-4-6-10(9)13/h3-8H,1-2H3. The van der Waals surface area contributed by atoms with Crippen molar-refractivity contribution in [2.75, 3.05) is 0 Å². The normalized spacial score (nSPS) is 10.9. The van der Waals surface area contributed by atoms with E-state index in [0.29, 0.717) is 11.5 Å². The number of hydrogen-bond donors (Lipinski definition) is 0. The monoisotopic (exact) mass is 221 g/mol. The number of thiazole rings is 1. The Morgan fingerprint density at radius 3 is 2.60 bits per heavy atom. The SMILES string of the molecule is CC(C)c1csc(-c2ccccc2F)n1. The molecule has 0 bridgehead atoms. The summed E-state index contributed by atoms with van der Waals surface area (Å²) in [6, 6.07) is 6.74. The molecule has 15 heavy (non-hydrogen) atoms. The Kier molecular flexibility index (Phi) is 2.82. The molecule has 0 fully saturated rings. The third-order valence-electron chi connectivity index (χ3n) is 2.22. The molecule has 2 aromatic rings. The summed E-state index contributed by atoms with van der Waals surface area (Å²) < 4.78 is 13.5. The van der Waals surface area contributed by atoms with Gasteiger partial charge in [0.2, 0.25) is 0 Å². The van der Waals surface area contributed by atoms with E-state index in [9.17, 15) is 4.39 Å². The molecule has 0 N–H and O–H groups in total. The van der Waals surface area contributed by atoms with Crippen molar-refractivity contribution in [3.8, 4) is 10.6 Å². The molecule has 0 saturated carbocycles. The Bertz CT molecular complexity index is 462. The summed E-state index contributed by atoms with van der Waals surface area (Å²) in [5, 5.41) is 2.75. The zero-order valence-electron chi connectivity index (χ0n) is 8.70. The maximum Gasteiger partial charge on any atom is 0.133 e. The summed E-state index contributed by atoms with van der Waals surface area (Å²) in [5.41, 5.74) is 1.62. The maximum absolute atomic E-state index is 13.5. The Labute approximate surface area is 92.6 Å². The van der Waals surface area contributed by atoms with Crippen LogP contribution in [0.4, 0.5) is 4.39 Å². The number of benzene rings is 1. The molecule has 2 rings (SSSR count). The molecule has 0 aliphatic rings. The van der Waals surface area contributed by atoms with Gasteiger partial charge in [-0.05, 0) is 18.1 Å². The van der Waals surface area contributed by atoms with Gasteiger partial charge in [0.1, 0.15) is 10.8 Å². The molecule has 0 aliphatic carbocycles. The predicted octanol–water partition coefficient (Wildman–Crippen LogP) is 4.07. The van der Waals surface area contributed by atoms with Gasteiger partial charge in [-0.1, -0.05) is 26.0 Å². The third kappa shape index (κ3) is 2.07. The zero-order chi connectivity index (χ0) is 10.8. The third-order valence-corrected chi connectivity index (χ3v) is 3.11. The van der Waals surface area contributed by atoms with Crippen molar-refractivity contribution in [2.45, 2.75) is 19.8 Å². The molecule has 3 heteroatoms. The maximum atomic E-state index is 13.5. The largest absolute Gasteiger partial charge is 0.241 e. The fourth-order valence-corrected chi connectivity index (χ4v) is 2.32. The molecule has 0 atom stereocenters. The minimum Gasteiger partial charge on any atom is -0.241 e. The van der Waals surface area contributed by atoms with Crippen LogP contribution in [0.1, 0.15) is 25.5 Å². The lowest BCUT2D eigenvalue weighted by molar-refractivity contribution is 0.631. The molecule has 0 unspecified atom stereocenters. The van der Waals surface area contributed by atoms with E-state index in [1.165, 1.54) is 17.4 Å². The highest BCUT2D eigenvalue weighted by molar-refractivity contribution is 7.13. The predicted molar refractivity (Wildman–Crippen MR) is 61.6 cm³/mol. The average Bonchev–Trinajstić information content (AvgIpc) is 2.67. The fraction of sp³-hybridized carbons (Fsp3) is 0.250. The van der Waals surface area contributed by atoms with Crippen LogP contribution in [0, 0.1) is 5.82 Å². The zero-order valence-corrected chi connectivity index (χ0v) is 9.51. The lowest BCUT2D eigenvalue weighted by Crippen LogP contribution is -1.88. The van der Waals surface area contributed by atoms with Crippen molar-refractivity contribution < 1.29 is 4.39 Å². The van der Waals surface area contributed by atoms with Crippen LogP contribution < -0.4 is 0 Å². The first-order valence-corrected chi connectivity index (χ1v) is 5.77. The summed E-state index contributed by atoms with van der Waals surface area (Å²) in [5.74, 6) is 0.184.